The number of nitrogens with zero attached hydrogens (tertiary/aromatic N) is 1. The molecule has 1 atom stereocenters. The van der Waals surface area contributed by atoms with E-state index >= 15 is 0 Å². The van der Waals surface area contributed by atoms with Crippen molar-refractivity contribution in [1.29, 1.82) is 0 Å². The highest BCUT2D eigenvalue weighted by Crippen LogP contribution is 2.21. The molecule has 0 radical (unpaired) electrons. The summed E-state index contributed by atoms with van der Waals surface area (Å²) < 4.78 is 0. The topological polar surface area (TPSA) is 59.1 Å². The lowest BCUT2D eigenvalue weighted by Crippen LogP contribution is -2.14. The van der Waals surface area contributed by atoms with Crippen LogP contribution in [0.1, 0.15) is 11.6 Å². The Labute approximate surface area is 94.6 Å². The van der Waals surface area contributed by atoms with Gasteiger partial charge in [-0.2, -0.15) is 0 Å². The first-order valence-corrected chi connectivity index (χ1v) is 5.18. The van der Waals surface area contributed by atoms with Gasteiger partial charge in [0.15, 0.2) is 0 Å². The Morgan fingerprint density at radius 1 is 1.19 bits per heavy atom. The summed E-state index contributed by atoms with van der Waals surface area (Å²) in [7, 11) is 0. The minimum absolute atomic E-state index is 0.0451. The molecule has 3 heteroatoms. The number of benzene rings is 1. The van der Waals surface area contributed by atoms with Crippen LogP contribution in [0.25, 0.3) is 11.1 Å². The molecule has 0 amide bonds. The van der Waals surface area contributed by atoms with Gasteiger partial charge in [0.05, 0.1) is 12.6 Å². The second-order valence-electron chi connectivity index (χ2n) is 3.66. The summed E-state index contributed by atoms with van der Waals surface area (Å²) in [6.45, 7) is -0.0451. The molecule has 16 heavy (non-hydrogen) atoms. The largest absolute Gasteiger partial charge is 0.394 e. The fraction of sp³-hybridized carbons (Fsp3) is 0.154. The minimum Gasteiger partial charge on any atom is -0.394 e. The number of aliphatic hydroxyl groups is 1. The number of aromatic nitrogens is 1. The van der Waals surface area contributed by atoms with Crippen molar-refractivity contribution in [2.75, 3.05) is 6.61 Å². The van der Waals surface area contributed by atoms with Gasteiger partial charge < -0.3 is 10.8 Å². The van der Waals surface area contributed by atoms with E-state index in [0.717, 1.165) is 16.7 Å². The second kappa shape index (κ2) is 4.88. The van der Waals surface area contributed by atoms with Crippen LogP contribution in [0.4, 0.5) is 0 Å². The molecule has 0 saturated carbocycles. The zero-order valence-corrected chi connectivity index (χ0v) is 8.88. The molecule has 0 fully saturated rings. The van der Waals surface area contributed by atoms with E-state index in [9.17, 15) is 0 Å². The van der Waals surface area contributed by atoms with Crippen molar-refractivity contribution < 1.29 is 5.11 Å². The van der Waals surface area contributed by atoms with E-state index in [2.05, 4.69) is 4.98 Å². The number of hydrogen-bond donors (Lipinski definition) is 2. The maximum atomic E-state index is 9.01. The van der Waals surface area contributed by atoms with Gasteiger partial charge in [0, 0.05) is 12.4 Å². The summed E-state index contributed by atoms with van der Waals surface area (Å²) in [5.74, 6) is 0. The Bertz CT molecular complexity index is 456. The molecule has 2 rings (SSSR count). The quantitative estimate of drug-likeness (QED) is 0.818. The molecule has 82 valence electrons. The average molecular weight is 214 g/mol. The van der Waals surface area contributed by atoms with Crippen LogP contribution in [0.5, 0.6) is 0 Å². The minimum atomic E-state index is -0.323. The summed E-state index contributed by atoms with van der Waals surface area (Å²) >= 11 is 0. The monoisotopic (exact) mass is 214 g/mol. The van der Waals surface area contributed by atoms with Gasteiger partial charge in [0.25, 0.3) is 0 Å². The van der Waals surface area contributed by atoms with Crippen LogP contribution in [0, 0.1) is 0 Å². The number of pyridine rings is 1. The van der Waals surface area contributed by atoms with Crippen LogP contribution in [-0.2, 0) is 0 Å². The van der Waals surface area contributed by atoms with Gasteiger partial charge in [-0.3, -0.25) is 4.98 Å². The van der Waals surface area contributed by atoms with Crippen LogP contribution in [0.15, 0.2) is 48.8 Å². The first kappa shape index (κ1) is 10.8. The third-order valence-electron chi connectivity index (χ3n) is 2.51. The molecular formula is C13H14N2O. The van der Waals surface area contributed by atoms with Gasteiger partial charge in [-0.05, 0) is 28.8 Å². The summed E-state index contributed by atoms with van der Waals surface area (Å²) in [5, 5.41) is 9.01. The Morgan fingerprint density at radius 2 is 2.00 bits per heavy atom. The number of aliphatic hydroxyl groups excluding tert-OH is 1. The predicted molar refractivity (Wildman–Crippen MR) is 63.7 cm³/mol. The lowest BCUT2D eigenvalue weighted by molar-refractivity contribution is 0.268. The lowest BCUT2D eigenvalue weighted by Gasteiger charge is -2.10. The van der Waals surface area contributed by atoms with Crippen LogP contribution >= 0.6 is 0 Å². The summed E-state index contributed by atoms with van der Waals surface area (Å²) in [6, 6.07) is 11.4. The van der Waals surface area contributed by atoms with E-state index in [1.807, 2.05) is 42.6 Å². The van der Waals surface area contributed by atoms with Crippen LogP contribution < -0.4 is 5.73 Å². The Morgan fingerprint density at radius 3 is 2.69 bits per heavy atom. The van der Waals surface area contributed by atoms with Gasteiger partial charge in [-0.15, -0.1) is 0 Å². The van der Waals surface area contributed by atoms with E-state index in [1.165, 1.54) is 0 Å². The molecule has 2 aromatic rings. The smallest absolute Gasteiger partial charge is 0.0624 e. The van der Waals surface area contributed by atoms with E-state index in [1.54, 1.807) is 6.20 Å². The molecule has 0 aliphatic carbocycles. The van der Waals surface area contributed by atoms with Crippen molar-refractivity contribution >= 4 is 0 Å². The number of rotatable bonds is 3. The second-order valence-corrected chi connectivity index (χ2v) is 3.66. The van der Waals surface area contributed by atoms with E-state index in [0.29, 0.717) is 0 Å². The zero-order chi connectivity index (χ0) is 11.4. The van der Waals surface area contributed by atoms with Crippen molar-refractivity contribution in [3.05, 3.63) is 54.4 Å². The van der Waals surface area contributed by atoms with Crippen LogP contribution in [0.3, 0.4) is 0 Å². The van der Waals surface area contributed by atoms with Crippen molar-refractivity contribution in [3.8, 4) is 11.1 Å². The molecule has 1 heterocycles. The zero-order valence-electron chi connectivity index (χ0n) is 8.88. The lowest BCUT2D eigenvalue weighted by atomic mass is 10.0. The summed E-state index contributed by atoms with van der Waals surface area (Å²) in [6.07, 6.45) is 3.55. The van der Waals surface area contributed by atoms with Gasteiger partial charge in [0.1, 0.15) is 0 Å². The molecule has 3 N–H and O–H groups in total. The Balaban J connectivity index is 2.36. The Kier molecular flexibility index (Phi) is 3.29. The molecule has 1 aromatic carbocycles. The summed E-state index contributed by atoms with van der Waals surface area (Å²) in [4.78, 5) is 4.08. The van der Waals surface area contributed by atoms with Crippen molar-refractivity contribution in [2.45, 2.75) is 6.04 Å². The number of nitrogens with two attached hydrogens (primary N) is 1. The van der Waals surface area contributed by atoms with Gasteiger partial charge in [-0.1, -0.05) is 24.3 Å². The van der Waals surface area contributed by atoms with Crippen LogP contribution in [0.2, 0.25) is 0 Å². The molecular weight excluding hydrogens is 200 g/mol. The van der Waals surface area contributed by atoms with Crippen molar-refractivity contribution in [1.82, 2.24) is 4.98 Å². The molecule has 1 aromatic heterocycles. The SMILES string of the molecule is N[C@@H](CO)c1cccc(-c2cccnc2)c1. The molecule has 0 spiro atoms. The highest BCUT2D eigenvalue weighted by Gasteiger charge is 2.05. The van der Waals surface area contributed by atoms with Crippen LogP contribution in [-0.4, -0.2) is 16.7 Å². The molecule has 0 aliphatic heterocycles. The highest BCUT2D eigenvalue weighted by molar-refractivity contribution is 5.63. The van der Waals surface area contributed by atoms with E-state index in [4.69, 9.17) is 10.8 Å². The first-order chi connectivity index (χ1) is 7.81. The van der Waals surface area contributed by atoms with Crippen molar-refractivity contribution in [2.24, 2.45) is 5.73 Å². The van der Waals surface area contributed by atoms with Gasteiger partial charge in [-0.25, -0.2) is 0 Å². The molecule has 0 aliphatic rings. The normalized spacial score (nSPS) is 12.4. The standard InChI is InChI=1S/C13H14N2O/c14-13(9-16)11-4-1-3-10(7-11)12-5-2-6-15-8-12/h1-8,13,16H,9,14H2/t13-/m0/s1. The molecule has 0 bridgehead atoms. The predicted octanol–water partition coefficient (Wildman–Crippen LogP) is 1.74. The van der Waals surface area contributed by atoms with E-state index < -0.39 is 0 Å². The third-order valence-corrected chi connectivity index (χ3v) is 2.51. The summed E-state index contributed by atoms with van der Waals surface area (Å²) in [5.41, 5.74) is 8.82. The fourth-order valence-electron chi connectivity index (χ4n) is 1.59. The molecule has 0 unspecified atom stereocenters. The highest BCUT2D eigenvalue weighted by atomic mass is 16.3. The fourth-order valence-corrected chi connectivity index (χ4v) is 1.59. The first-order valence-electron chi connectivity index (χ1n) is 5.18. The molecule has 0 saturated heterocycles. The van der Waals surface area contributed by atoms with Gasteiger partial charge >= 0.3 is 0 Å². The van der Waals surface area contributed by atoms with Gasteiger partial charge in [0.2, 0.25) is 0 Å². The maximum absolute atomic E-state index is 9.01. The third kappa shape index (κ3) is 2.27. The van der Waals surface area contributed by atoms with Crippen molar-refractivity contribution in [3.63, 3.8) is 0 Å². The molecule has 3 nitrogen and oxygen atoms in total. The average Bonchev–Trinajstić information content (AvgIpc) is 2.39. The van der Waals surface area contributed by atoms with E-state index in [-0.39, 0.29) is 12.6 Å². The Hall–Kier alpha value is -1.71. The maximum Gasteiger partial charge on any atom is 0.0624 e. The number of hydrogen-bond acceptors (Lipinski definition) is 3.